The number of nitrogens with two attached hydrogens (primary N) is 1. The number of amides is 5. The number of rotatable bonds is 11. The highest BCUT2D eigenvalue weighted by Crippen LogP contribution is 2.65. The second-order valence-electron chi connectivity index (χ2n) is 13.9. The Kier molecular flexibility index (Phi) is 9.06. The zero-order valence-corrected chi connectivity index (χ0v) is 25.1. The lowest BCUT2D eigenvalue weighted by molar-refractivity contribution is -0.147. The highest BCUT2D eigenvalue weighted by Gasteiger charge is 2.70. The number of likely N-dealkylation sites (tertiary alicyclic amines) is 1. The quantitative estimate of drug-likeness (QED) is 0.273. The summed E-state index contributed by atoms with van der Waals surface area (Å²) in [4.78, 5) is 78.7. The van der Waals surface area contributed by atoms with Crippen LogP contribution in [0.5, 0.6) is 0 Å². The third kappa shape index (κ3) is 6.49. The Morgan fingerprint density at radius 1 is 1.00 bits per heavy atom. The molecule has 0 aromatic rings. The molecular weight excluding hydrogens is 514 g/mol. The first kappa shape index (κ1) is 31.5. The van der Waals surface area contributed by atoms with E-state index in [0.717, 1.165) is 19.3 Å². The van der Waals surface area contributed by atoms with Crippen molar-refractivity contribution >= 4 is 35.3 Å². The van der Waals surface area contributed by atoms with Gasteiger partial charge in [-0.3, -0.25) is 28.8 Å². The fourth-order valence-electron chi connectivity index (χ4n) is 6.34. The van der Waals surface area contributed by atoms with Gasteiger partial charge in [0.1, 0.15) is 18.1 Å². The van der Waals surface area contributed by atoms with Crippen LogP contribution in [-0.2, 0) is 28.8 Å². The summed E-state index contributed by atoms with van der Waals surface area (Å²) in [6.07, 6.45) is 3.23. The Labute approximate surface area is 237 Å². The molecule has 11 heteroatoms. The zero-order chi connectivity index (χ0) is 30.3. The molecule has 1 aliphatic heterocycles. The molecule has 0 spiro atoms. The molecule has 40 heavy (non-hydrogen) atoms. The van der Waals surface area contributed by atoms with Gasteiger partial charge in [-0.2, -0.15) is 0 Å². The van der Waals surface area contributed by atoms with Crippen molar-refractivity contribution in [2.75, 3.05) is 6.54 Å². The molecule has 224 valence electrons. The lowest BCUT2D eigenvalue weighted by Gasteiger charge is -2.38. The molecule has 5 N–H and O–H groups in total. The monoisotopic (exact) mass is 561 g/mol. The van der Waals surface area contributed by atoms with Gasteiger partial charge < -0.3 is 26.6 Å². The van der Waals surface area contributed by atoms with Gasteiger partial charge in [0.25, 0.3) is 5.91 Å². The maximum atomic E-state index is 14.1. The van der Waals surface area contributed by atoms with Gasteiger partial charge in [-0.1, -0.05) is 67.7 Å². The Morgan fingerprint density at radius 3 is 2.05 bits per heavy atom. The number of hydrogen-bond donors (Lipinski definition) is 4. The van der Waals surface area contributed by atoms with Gasteiger partial charge in [0.15, 0.2) is 0 Å². The van der Waals surface area contributed by atoms with Crippen LogP contribution in [0.3, 0.4) is 0 Å². The molecule has 2 unspecified atom stereocenters. The highest BCUT2D eigenvalue weighted by atomic mass is 16.2. The number of hydrogen-bond acceptors (Lipinski definition) is 6. The van der Waals surface area contributed by atoms with Gasteiger partial charge in [-0.25, -0.2) is 0 Å². The number of ketones is 1. The molecule has 1 saturated heterocycles. The first-order valence-corrected chi connectivity index (χ1v) is 14.4. The predicted octanol–water partition coefficient (Wildman–Crippen LogP) is 0.890. The van der Waals surface area contributed by atoms with Crippen LogP contribution in [0.25, 0.3) is 0 Å². The van der Waals surface area contributed by atoms with Crippen molar-refractivity contribution in [1.82, 2.24) is 20.9 Å². The van der Waals surface area contributed by atoms with Crippen molar-refractivity contribution in [3.8, 4) is 0 Å². The number of piperidine rings is 1. The Morgan fingerprint density at radius 2 is 1.60 bits per heavy atom. The van der Waals surface area contributed by atoms with Gasteiger partial charge in [0.2, 0.25) is 29.4 Å². The number of nitrogens with one attached hydrogen (secondary N) is 3. The predicted molar refractivity (Wildman–Crippen MR) is 148 cm³/mol. The van der Waals surface area contributed by atoms with Crippen LogP contribution in [0, 0.1) is 34.5 Å². The fourth-order valence-corrected chi connectivity index (χ4v) is 6.34. The minimum absolute atomic E-state index is 0.0863. The minimum Gasteiger partial charge on any atom is -0.363 e. The number of primary amides is 1. The average molecular weight is 562 g/mol. The summed E-state index contributed by atoms with van der Waals surface area (Å²) in [5.74, 6) is -3.65. The smallest absolute Gasteiger partial charge is 0.287 e. The zero-order valence-electron chi connectivity index (χ0n) is 25.1. The molecule has 0 aromatic carbocycles. The van der Waals surface area contributed by atoms with E-state index in [1.807, 2.05) is 20.8 Å². The van der Waals surface area contributed by atoms with Crippen molar-refractivity contribution in [3.05, 3.63) is 0 Å². The summed E-state index contributed by atoms with van der Waals surface area (Å²) in [6, 6.07) is -3.68. The van der Waals surface area contributed by atoms with E-state index in [1.165, 1.54) is 11.8 Å². The molecule has 1 heterocycles. The van der Waals surface area contributed by atoms with Crippen LogP contribution in [0.15, 0.2) is 0 Å². The van der Waals surface area contributed by atoms with E-state index in [-0.39, 0.29) is 35.0 Å². The summed E-state index contributed by atoms with van der Waals surface area (Å²) < 4.78 is 0. The van der Waals surface area contributed by atoms with Gasteiger partial charge in [-0.15, -0.1) is 0 Å². The second-order valence-corrected chi connectivity index (χ2v) is 13.9. The molecule has 0 bridgehead atoms. The Bertz CT molecular complexity index is 1060. The summed E-state index contributed by atoms with van der Waals surface area (Å²) in [5.41, 5.74) is 4.41. The number of Topliss-reactive ketones (excluding diaryl/α,β-unsaturated/α-hetero) is 1. The topological polar surface area (TPSA) is 168 Å². The molecule has 11 nitrogen and oxygen atoms in total. The van der Waals surface area contributed by atoms with Crippen LogP contribution in [0.1, 0.15) is 81.1 Å². The summed E-state index contributed by atoms with van der Waals surface area (Å²) >= 11 is 0. The lowest BCUT2D eigenvalue weighted by atomic mass is 9.80. The number of carbonyl (C=O) groups is 6. The van der Waals surface area contributed by atoms with E-state index in [1.54, 1.807) is 13.8 Å². The van der Waals surface area contributed by atoms with Crippen LogP contribution >= 0.6 is 0 Å². The standard InChI is InChI=1S/C29H47N5O6/c1-14(2)20(31-15(3)35)25(38)33-23(28(4,5)6)27(40)34-13-17-19(29(17,7)8)21(34)26(39)32-18(22(36)24(30)37)12-16-10-9-11-16/h14,16-21,23H,9-13H2,1-8H3,(H2,30,37)(H,31,35)(H,32,39)(H,33,38)/t17-,18-,19-,20-,21?,23?/m0/s1. The van der Waals surface area contributed by atoms with E-state index in [2.05, 4.69) is 29.8 Å². The molecular formula is C29H47N5O6. The third-order valence-electron chi connectivity index (χ3n) is 9.14. The van der Waals surface area contributed by atoms with Gasteiger partial charge >= 0.3 is 0 Å². The molecule has 5 amide bonds. The van der Waals surface area contributed by atoms with Crippen LogP contribution < -0.4 is 21.7 Å². The first-order chi connectivity index (χ1) is 18.4. The minimum atomic E-state index is -1.09. The normalized spacial score (nSPS) is 25.6. The lowest BCUT2D eigenvalue weighted by Crippen LogP contribution is -2.62. The van der Waals surface area contributed by atoms with Gasteiger partial charge in [0, 0.05) is 13.5 Å². The van der Waals surface area contributed by atoms with E-state index < -0.39 is 59.0 Å². The van der Waals surface area contributed by atoms with Crippen LogP contribution in [0.4, 0.5) is 0 Å². The molecule has 3 fully saturated rings. The molecule has 0 radical (unpaired) electrons. The summed E-state index contributed by atoms with van der Waals surface area (Å²) in [6.45, 7) is 14.9. The first-order valence-electron chi connectivity index (χ1n) is 14.4. The van der Waals surface area contributed by atoms with Crippen molar-refractivity contribution < 1.29 is 28.8 Å². The van der Waals surface area contributed by atoms with Crippen molar-refractivity contribution in [3.63, 3.8) is 0 Å². The number of carbonyl (C=O) groups excluding carboxylic acids is 6. The van der Waals surface area contributed by atoms with Crippen LogP contribution in [0.2, 0.25) is 0 Å². The van der Waals surface area contributed by atoms with E-state index in [0.29, 0.717) is 13.0 Å². The van der Waals surface area contributed by atoms with Gasteiger partial charge in [0.05, 0.1) is 6.04 Å². The molecule has 3 rings (SSSR count). The molecule has 0 aromatic heterocycles. The van der Waals surface area contributed by atoms with E-state index >= 15 is 0 Å². The van der Waals surface area contributed by atoms with Gasteiger partial charge in [-0.05, 0) is 40.9 Å². The Balaban J connectivity index is 1.86. The second kappa shape index (κ2) is 11.5. The number of fused-ring (bicyclic) bond motifs is 1. The average Bonchev–Trinajstić information content (AvgIpc) is 3.14. The SMILES string of the molecule is CC(=O)N[C@H](C(=O)NC(C(=O)N1C[C@H]2[C@@H](C1C(=O)N[C@@H](CC1CCC1)C(=O)C(N)=O)C2(C)C)C(C)(C)C)C(C)C. The highest BCUT2D eigenvalue weighted by molar-refractivity contribution is 6.37. The molecule has 2 aliphatic carbocycles. The molecule has 6 atom stereocenters. The van der Waals surface area contributed by atoms with E-state index in [4.69, 9.17) is 5.73 Å². The van der Waals surface area contributed by atoms with Crippen molar-refractivity contribution in [2.24, 2.45) is 40.2 Å². The van der Waals surface area contributed by atoms with Crippen molar-refractivity contribution in [1.29, 1.82) is 0 Å². The summed E-state index contributed by atoms with van der Waals surface area (Å²) in [5, 5.41) is 8.28. The Hall–Kier alpha value is -2.98. The molecule has 3 aliphatic rings. The largest absolute Gasteiger partial charge is 0.363 e. The number of nitrogens with zero attached hydrogens (tertiary/aromatic N) is 1. The van der Waals surface area contributed by atoms with Crippen molar-refractivity contribution in [2.45, 2.75) is 105 Å². The molecule has 2 saturated carbocycles. The maximum Gasteiger partial charge on any atom is 0.287 e. The van der Waals surface area contributed by atoms with Crippen LogP contribution in [-0.4, -0.2) is 70.9 Å². The maximum absolute atomic E-state index is 14.1. The summed E-state index contributed by atoms with van der Waals surface area (Å²) in [7, 11) is 0. The third-order valence-corrected chi connectivity index (χ3v) is 9.14. The van der Waals surface area contributed by atoms with E-state index in [9.17, 15) is 28.8 Å². The fraction of sp³-hybridized carbons (Fsp3) is 0.793.